The summed E-state index contributed by atoms with van der Waals surface area (Å²) in [6, 6.07) is 0. The topological polar surface area (TPSA) is 83.8 Å². The molecule has 13 heavy (non-hydrogen) atoms. The summed E-state index contributed by atoms with van der Waals surface area (Å²) in [5.41, 5.74) is -1.91. The molecule has 74 valence electrons. The molecule has 0 aromatic rings. The molecule has 0 spiro atoms. The zero-order chi connectivity index (χ0) is 10.5. The number of allylic oxidation sites excluding steroid dienone is 1. The van der Waals surface area contributed by atoms with Crippen molar-refractivity contribution in [2.75, 3.05) is 13.7 Å². The van der Waals surface area contributed by atoms with Gasteiger partial charge >= 0.3 is 11.9 Å². The summed E-state index contributed by atoms with van der Waals surface area (Å²) in [7, 11) is 1.25. The molecule has 0 unspecified atom stereocenters. The second-order valence-corrected chi connectivity index (χ2v) is 2.62. The van der Waals surface area contributed by atoms with Gasteiger partial charge in [-0.1, -0.05) is 6.08 Å². The van der Waals surface area contributed by atoms with E-state index < -0.39 is 17.4 Å². The molecular weight excluding hydrogens is 176 g/mol. The minimum absolute atomic E-state index is 0.161. The van der Waals surface area contributed by atoms with Gasteiger partial charge in [-0.15, -0.1) is 6.58 Å². The Balaban J connectivity index is 4.91. The standard InChI is InChI=1S/C8H12O5/c1-3-4-8(5-13-2,6(9)10)7(11)12/h3H,1,4-5H2,2H3,(H,9,10)(H,11,12). The number of aliphatic carboxylic acids is 2. The van der Waals surface area contributed by atoms with Crippen molar-refractivity contribution in [1.82, 2.24) is 0 Å². The third-order valence-corrected chi connectivity index (χ3v) is 1.70. The van der Waals surface area contributed by atoms with Crippen LogP contribution >= 0.6 is 0 Å². The lowest BCUT2D eigenvalue weighted by atomic mass is 9.85. The average Bonchev–Trinajstić information content (AvgIpc) is 2.03. The molecule has 0 aliphatic heterocycles. The van der Waals surface area contributed by atoms with Crippen LogP contribution in [0.2, 0.25) is 0 Å². The summed E-state index contributed by atoms with van der Waals surface area (Å²) in [5.74, 6) is -2.83. The Morgan fingerprint density at radius 3 is 2.15 bits per heavy atom. The van der Waals surface area contributed by atoms with Crippen LogP contribution in [0, 0.1) is 5.41 Å². The zero-order valence-electron chi connectivity index (χ0n) is 7.32. The van der Waals surface area contributed by atoms with E-state index in [0.29, 0.717) is 0 Å². The lowest BCUT2D eigenvalue weighted by Crippen LogP contribution is -2.42. The molecule has 0 saturated carbocycles. The minimum atomic E-state index is -1.91. The van der Waals surface area contributed by atoms with E-state index in [-0.39, 0.29) is 13.0 Å². The van der Waals surface area contributed by atoms with Gasteiger partial charge in [0.1, 0.15) is 0 Å². The van der Waals surface area contributed by atoms with Crippen molar-refractivity contribution in [2.24, 2.45) is 5.41 Å². The van der Waals surface area contributed by atoms with Crippen LogP contribution in [0.15, 0.2) is 12.7 Å². The molecule has 0 aromatic heterocycles. The van der Waals surface area contributed by atoms with Gasteiger partial charge in [-0.05, 0) is 6.42 Å². The normalized spacial score (nSPS) is 10.8. The molecule has 2 N–H and O–H groups in total. The largest absolute Gasteiger partial charge is 0.480 e. The summed E-state index contributed by atoms with van der Waals surface area (Å²) in [4.78, 5) is 21.5. The first kappa shape index (κ1) is 11.6. The van der Waals surface area contributed by atoms with E-state index in [1.807, 2.05) is 0 Å². The van der Waals surface area contributed by atoms with Gasteiger partial charge < -0.3 is 14.9 Å². The highest BCUT2D eigenvalue weighted by Crippen LogP contribution is 2.23. The first-order valence-corrected chi connectivity index (χ1v) is 3.58. The van der Waals surface area contributed by atoms with Crippen LogP contribution < -0.4 is 0 Å². The van der Waals surface area contributed by atoms with Gasteiger partial charge in [0.15, 0.2) is 5.41 Å². The van der Waals surface area contributed by atoms with E-state index in [1.165, 1.54) is 13.2 Å². The van der Waals surface area contributed by atoms with Crippen LogP contribution in [0.25, 0.3) is 0 Å². The van der Waals surface area contributed by atoms with E-state index in [2.05, 4.69) is 11.3 Å². The quantitative estimate of drug-likeness (QED) is 0.464. The van der Waals surface area contributed by atoms with Crippen molar-refractivity contribution in [3.63, 3.8) is 0 Å². The van der Waals surface area contributed by atoms with E-state index in [9.17, 15) is 9.59 Å². The zero-order valence-corrected chi connectivity index (χ0v) is 7.32. The molecule has 5 nitrogen and oxygen atoms in total. The number of ether oxygens (including phenoxy) is 1. The first-order chi connectivity index (χ1) is 6.01. The van der Waals surface area contributed by atoms with Gasteiger partial charge in [0, 0.05) is 7.11 Å². The van der Waals surface area contributed by atoms with Crippen molar-refractivity contribution >= 4 is 11.9 Å². The summed E-state index contributed by atoms with van der Waals surface area (Å²) >= 11 is 0. The molecular formula is C8H12O5. The van der Waals surface area contributed by atoms with Gasteiger partial charge in [0.25, 0.3) is 0 Å². The molecule has 0 aromatic carbocycles. The van der Waals surface area contributed by atoms with Crippen molar-refractivity contribution < 1.29 is 24.5 Å². The van der Waals surface area contributed by atoms with Crippen LogP contribution in [0.5, 0.6) is 0 Å². The van der Waals surface area contributed by atoms with Crippen molar-refractivity contribution in [3.05, 3.63) is 12.7 Å². The molecule has 0 aliphatic rings. The third-order valence-electron chi connectivity index (χ3n) is 1.70. The SMILES string of the molecule is C=CCC(COC)(C(=O)O)C(=O)O. The molecule has 0 amide bonds. The van der Waals surface area contributed by atoms with Crippen LogP contribution in [0.3, 0.4) is 0 Å². The van der Waals surface area contributed by atoms with E-state index in [0.717, 1.165) is 0 Å². The molecule has 5 heteroatoms. The number of hydrogen-bond donors (Lipinski definition) is 2. The fraction of sp³-hybridized carbons (Fsp3) is 0.500. The lowest BCUT2D eigenvalue weighted by Gasteiger charge is -2.21. The number of carbonyl (C=O) groups is 2. The summed E-state index contributed by atoms with van der Waals surface area (Å²) in [6.45, 7) is 2.94. The number of methoxy groups -OCH3 is 1. The molecule has 0 fully saturated rings. The summed E-state index contributed by atoms with van der Waals surface area (Å²) in [6.07, 6.45) is 1.09. The summed E-state index contributed by atoms with van der Waals surface area (Å²) in [5, 5.41) is 17.5. The number of carboxylic acids is 2. The van der Waals surface area contributed by atoms with E-state index in [4.69, 9.17) is 10.2 Å². The van der Waals surface area contributed by atoms with Crippen LogP contribution in [0.1, 0.15) is 6.42 Å². The highest BCUT2D eigenvalue weighted by atomic mass is 16.5. The van der Waals surface area contributed by atoms with Crippen LogP contribution in [-0.2, 0) is 14.3 Å². The first-order valence-electron chi connectivity index (χ1n) is 3.58. The molecule has 0 aliphatic carbocycles. The molecule has 0 atom stereocenters. The maximum Gasteiger partial charge on any atom is 0.323 e. The van der Waals surface area contributed by atoms with Crippen molar-refractivity contribution in [2.45, 2.75) is 6.42 Å². The molecule has 0 heterocycles. The second kappa shape index (κ2) is 4.61. The van der Waals surface area contributed by atoms with Crippen LogP contribution in [0.4, 0.5) is 0 Å². The third kappa shape index (κ3) is 2.29. The fourth-order valence-corrected chi connectivity index (χ4v) is 0.941. The predicted molar refractivity (Wildman–Crippen MR) is 44.4 cm³/mol. The van der Waals surface area contributed by atoms with Crippen LogP contribution in [-0.4, -0.2) is 35.9 Å². The maximum absolute atomic E-state index is 10.7. The van der Waals surface area contributed by atoms with Crippen molar-refractivity contribution in [3.8, 4) is 0 Å². The maximum atomic E-state index is 10.7. The second-order valence-electron chi connectivity index (χ2n) is 2.62. The molecule has 0 rings (SSSR count). The van der Waals surface area contributed by atoms with E-state index >= 15 is 0 Å². The Morgan fingerprint density at radius 2 is 1.92 bits per heavy atom. The van der Waals surface area contributed by atoms with Gasteiger partial charge in [-0.2, -0.15) is 0 Å². The number of carboxylic acid groups (broad SMARTS) is 2. The smallest absolute Gasteiger partial charge is 0.323 e. The van der Waals surface area contributed by atoms with Gasteiger partial charge in [-0.25, -0.2) is 0 Å². The molecule has 0 saturated heterocycles. The molecule has 0 radical (unpaired) electrons. The minimum Gasteiger partial charge on any atom is -0.480 e. The molecule has 0 bridgehead atoms. The Morgan fingerprint density at radius 1 is 1.46 bits per heavy atom. The van der Waals surface area contributed by atoms with Gasteiger partial charge in [0.2, 0.25) is 0 Å². The highest BCUT2D eigenvalue weighted by Gasteiger charge is 2.45. The average molecular weight is 188 g/mol. The number of rotatable bonds is 6. The van der Waals surface area contributed by atoms with Gasteiger partial charge in [-0.3, -0.25) is 9.59 Å². The van der Waals surface area contributed by atoms with Gasteiger partial charge in [0.05, 0.1) is 6.61 Å². The highest BCUT2D eigenvalue weighted by molar-refractivity contribution is 5.98. The predicted octanol–water partition coefficient (Wildman–Crippen LogP) is 0.364. The number of hydrogen-bond acceptors (Lipinski definition) is 3. The Kier molecular flexibility index (Phi) is 4.13. The van der Waals surface area contributed by atoms with Crippen molar-refractivity contribution in [1.29, 1.82) is 0 Å². The monoisotopic (exact) mass is 188 g/mol. The Labute approximate surface area is 75.6 Å². The fourth-order valence-electron chi connectivity index (χ4n) is 0.941. The lowest BCUT2D eigenvalue weighted by molar-refractivity contribution is -0.168. The summed E-state index contributed by atoms with van der Waals surface area (Å²) < 4.78 is 4.57. The Bertz CT molecular complexity index is 207. The Hall–Kier alpha value is -1.36. The van der Waals surface area contributed by atoms with E-state index in [1.54, 1.807) is 0 Å².